The number of halogens is 1. The van der Waals surface area contributed by atoms with Gasteiger partial charge in [0, 0.05) is 17.6 Å². The summed E-state index contributed by atoms with van der Waals surface area (Å²) in [6.45, 7) is 14.4. The Morgan fingerprint density at radius 3 is 2.28 bits per heavy atom. The summed E-state index contributed by atoms with van der Waals surface area (Å²) in [4.78, 5) is 27.2. The molecule has 1 aromatic carbocycles. The highest BCUT2D eigenvalue weighted by molar-refractivity contribution is 9.10. The van der Waals surface area contributed by atoms with Crippen molar-refractivity contribution in [2.45, 2.75) is 72.5 Å². The van der Waals surface area contributed by atoms with Crippen LogP contribution in [0.5, 0.6) is 0 Å². The lowest BCUT2D eigenvalue weighted by Crippen LogP contribution is -2.38. The average molecular weight is 468 g/mol. The summed E-state index contributed by atoms with van der Waals surface area (Å²) >= 11 is 3.54. The van der Waals surface area contributed by atoms with Crippen molar-refractivity contribution in [1.29, 1.82) is 0 Å². The van der Waals surface area contributed by atoms with Crippen LogP contribution in [0.15, 0.2) is 22.7 Å². The second kappa shape index (κ2) is 9.07. The quantitative estimate of drug-likeness (QED) is 0.547. The molecule has 0 aromatic heterocycles. The Balaban J connectivity index is 2.19. The number of likely N-dealkylation sites (tertiary alicyclic amines) is 1. The van der Waals surface area contributed by atoms with Gasteiger partial charge in [0.2, 0.25) is 0 Å². The summed E-state index contributed by atoms with van der Waals surface area (Å²) in [6, 6.07) is 6.19. The molecule has 29 heavy (non-hydrogen) atoms. The molecule has 0 unspecified atom stereocenters. The second-order valence-electron chi connectivity index (χ2n) is 9.96. The minimum Gasteiger partial charge on any atom is -0.460 e. The molecule has 1 aliphatic rings. The van der Waals surface area contributed by atoms with Crippen molar-refractivity contribution in [3.05, 3.63) is 33.8 Å². The Hall–Kier alpha value is -1.56. The Morgan fingerprint density at radius 2 is 1.72 bits per heavy atom. The normalized spacial score (nSPS) is 18.5. The van der Waals surface area contributed by atoms with Crippen LogP contribution in [0.4, 0.5) is 4.79 Å². The van der Waals surface area contributed by atoms with Crippen molar-refractivity contribution < 1.29 is 19.1 Å². The first-order valence-corrected chi connectivity index (χ1v) is 11.0. The van der Waals surface area contributed by atoms with Crippen LogP contribution in [0, 0.1) is 18.8 Å². The van der Waals surface area contributed by atoms with Crippen LogP contribution in [-0.2, 0) is 20.7 Å². The smallest absolute Gasteiger partial charge is 0.410 e. The number of carbonyl (C=O) groups is 2. The molecule has 1 heterocycles. The number of amides is 1. The van der Waals surface area contributed by atoms with Gasteiger partial charge in [-0.1, -0.05) is 22.0 Å². The van der Waals surface area contributed by atoms with Gasteiger partial charge in [-0.3, -0.25) is 4.79 Å². The Bertz CT molecular complexity index is 728. The highest BCUT2D eigenvalue weighted by atomic mass is 79.9. The van der Waals surface area contributed by atoms with Gasteiger partial charge in [-0.05, 0) is 90.5 Å². The zero-order valence-electron chi connectivity index (χ0n) is 18.7. The molecule has 2 rings (SSSR count). The molecule has 1 aliphatic heterocycles. The summed E-state index contributed by atoms with van der Waals surface area (Å²) in [5, 5.41) is 0. The van der Waals surface area contributed by atoms with E-state index in [4.69, 9.17) is 9.47 Å². The van der Waals surface area contributed by atoms with E-state index in [9.17, 15) is 9.59 Å². The average Bonchev–Trinajstić information content (AvgIpc) is 2.98. The van der Waals surface area contributed by atoms with Gasteiger partial charge in [0.1, 0.15) is 11.2 Å². The maximum atomic E-state index is 13.1. The lowest BCUT2D eigenvalue weighted by Gasteiger charge is -2.28. The van der Waals surface area contributed by atoms with Crippen molar-refractivity contribution in [2.75, 3.05) is 13.1 Å². The zero-order valence-corrected chi connectivity index (χ0v) is 20.3. The standard InChI is InChI=1S/C23H34BrNO4/c1-15-10-16(12-18(24)11-15)13-19(20(26)28-22(2,3)4)17-8-9-25(14-17)21(27)29-23(5,6)7/h10-12,17,19H,8-9,13-14H2,1-7H3/t17-,19-/m0/s1. The van der Waals surface area contributed by atoms with Crippen molar-refractivity contribution in [2.24, 2.45) is 11.8 Å². The molecule has 1 aromatic rings. The number of nitrogens with zero attached hydrogens (tertiary/aromatic N) is 1. The molecular weight excluding hydrogens is 434 g/mol. The van der Waals surface area contributed by atoms with Crippen LogP contribution in [-0.4, -0.2) is 41.3 Å². The van der Waals surface area contributed by atoms with E-state index in [2.05, 4.69) is 22.0 Å². The first kappa shape index (κ1) is 23.7. The molecule has 1 saturated heterocycles. The van der Waals surface area contributed by atoms with E-state index >= 15 is 0 Å². The van der Waals surface area contributed by atoms with E-state index in [1.165, 1.54) is 0 Å². The zero-order chi connectivity index (χ0) is 22.0. The number of carbonyl (C=O) groups excluding carboxylic acids is 2. The van der Waals surface area contributed by atoms with Gasteiger partial charge in [0.15, 0.2) is 0 Å². The van der Waals surface area contributed by atoms with Crippen LogP contribution in [0.3, 0.4) is 0 Å². The maximum absolute atomic E-state index is 13.1. The molecule has 0 radical (unpaired) electrons. The molecule has 5 nitrogen and oxygen atoms in total. The van der Waals surface area contributed by atoms with E-state index in [0.29, 0.717) is 19.5 Å². The van der Waals surface area contributed by atoms with Gasteiger partial charge in [-0.15, -0.1) is 0 Å². The van der Waals surface area contributed by atoms with Gasteiger partial charge >= 0.3 is 12.1 Å². The van der Waals surface area contributed by atoms with Crippen LogP contribution in [0.1, 0.15) is 59.1 Å². The Morgan fingerprint density at radius 1 is 1.10 bits per heavy atom. The molecular formula is C23H34BrNO4. The first-order chi connectivity index (χ1) is 13.2. The molecule has 0 bridgehead atoms. The molecule has 6 heteroatoms. The topological polar surface area (TPSA) is 55.8 Å². The number of esters is 1. The van der Waals surface area contributed by atoms with E-state index < -0.39 is 11.2 Å². The molecule has 0 aliphatic carbocycles. The number of rotatable bonds is 4. The second-order valence-corrected chi connectivity index (χ2v) is 10.9. The summed E-state index contributed by atoms with van der Waals surface area (Å²) in [7, 11) is 0. The highest BCUT2D eigenvalue weighted by Gasteiger charge is 2.39. The van der Waals surface area contributed by atoms with Crippen LogP contribution < -0.4 is 0 Å². The third-order valence-electron chi connectivity index (χ3n) is 4.71. The Labute approximate surface area is 183 Å². The van der Waals surface area contributed by atoms with Crippen LogP contribution >= 0.6 is 15.9 Å². The fraction of sp³-hybridized carbons (Fsp3) is 0.652. The molecule has 1 fully saturated rings. The lowest BCUT2D eigenvalue weighted by molar-refractivity contribution is -0.161. The van der Waals surface area contributed by atoms with E-state index in [1.54, 1.807) is 4.90 Å². The molecule has 0 N–H and O–H groups in total. The first-order valence-electron chi connectivity index (χ1n) is 10.2. The number of ether oxygens (including phenoxy) is 2. The van der Waals surface area contributed by atoms with Crippen molar-refractivity contribution in [3.8, 4) is 0 Å². The lowest BCUT2D eigenvalue weighted by atomic mass is 9.85. The van der Waals surface area contributed by atoms with Crippen molar-refractivity contribution >= 4 is 28.0 Å². The van der Waals surface area contributed by atoms with Gasteiger partial charge in [-0.2, -0.15) is 0 Å². The minimum absolute atomic E-state index is 0.0386. The Kier molecular flexibility index (Phi) is 7.42. The number of aryl methyl sites for hydroxylation is 1. The van der Waals surface area contributed by atoms with Gasteiger partial charge < -0.3 is 14.4 Å². The van der Waals surface area contributed by atoms with Crippen molar-refractivity contribution in [3.63, 3.8) is 0 Å². The fourth-order valence-corrected chi connectivity index (χ4v) is 4.27. The third kappa shape index (κ3) is 7.65. The van der Waals surface area contributed by atoms with Crippen molar-refractivity contribution in [1.82, 2.24) is 4.90 Å². The predicted octanol–water partition coefficient (Wildman–Crippen LogP) is 5.51. The van der Waals surface area contributed by atoms with Gasteiger partial charge in [0.25, 0.3) is 0 Å². The third-order valence-corrected chi connectivity index (χ3v) is 5.17. The molecule has 162 valence electrons. The minimum atomic E-state index is -0.550. The molecule has 1 amide bonds. The molecule has 0 saturated carbocycles. The van der Waals surface area contributed by atoms with Gasteiger partial charge in [0.05, 0.1) is 5.92 Å². The summed E-state index contributed by atoms with van der Waals surface area (Å²) in [5.41, 5.74) is 1.14. The fourth-order valence-electron chi connectivity index (χ4n) is 3.61. The maximum Gasteiger partial charge on any atom is 0.410 e. The van der Waals surface area contributed by atoms with E-state index in [1.807, 2.05) is 60.6 Å². The predicted molar refractivity (Wildman–Crippen MR) is 118 cm³/mol. The van der Waals surface area contributed by atoms with E-state index in [0.717, 1.165) is 22.0 Å². The van der Waals surface area contributed by atoms with E-state index in [-0.39, 0.29) is 23.9 Å². The summed E-state index contributed by atoms with van der Waals surface area (Å²) in [5.74, 6) is -0.474. The largest absolute Gasteiger partial charge is 0.460 e. The summed E-state index contributed by atoms with van der Waals surface area (Å²) < 4.78 is 12.2. The monoisotopic (exact) mass is 467 g/mol. The van der Waals surface area contributed by atoms with Crippen LogP contribution in [0.25, 0.3) is 0 Å². The van der Waals surface area contributed by atoms with Gasteiger partial charge in [-0.25, -0.2) is 4.79 Å². The molecule has 0 spiro atoms. The number of hydrogen-bond donors (Lipinski definition) is 0. The molecule has 2 atom stereocenters. The summed E-state index contributed by atoms with van der Waals surface area (Å²) in [6.07, 6.45) is 1.03. The SMILES string of the molecule is Cc1cc(Br)cc(C[C@H](C(=O)OC(C)(C)C)[C@H]2CCN(C(=O)OC(C)(C)C)C2)c1. The van der Waals surface area contributed by atoms with Crippen LogP contribution in [0.2, 0.25) is 0 Å². The highest BCUT2D eigenvalue weighted by Crippen LogP contribution is 2.31. The number of hydrogen-bond acceptors (Lipinski definition) is 4. The number of benzene rings is 1.